The van der Waals surface area contributed by atoms with Gasteiger partial charge >= 0.3 is 7.60 Å². The predicted molar refractivity (Wildman–Crippen MR) is 81.8 cm³/mol. The van der Waals surface area contributed by atoms with E-state index in [0.29, 0.717) is 13.1 Å². The van der Waals surface area contributed by atoms with Crippen LogP contribution in [0.1, 0.15) is 22.5 Å². The maximum absolute atomic E-state index is 12.0. The molecule has 0 spiro atoms. The molecular formula is C16H18NO3P. The minimum atomic E-state index is -4.24. The van der Waals surface area contributed by atoms with Crippen LogP contribution in [0.2, 0.25) is 0 Å². The Kier molecular flexibility index (Phi) is 3.96. The van der Waals surface area contributed by atoms with Gasteiger partial charge in [0.15, 0.2) is 0 Å². The molecule has 5 heteroatoms. The number of nitrogens with zero attached hydrogens (tertiary/aromatic N) is 1. The predicted octanol–water partition coefficient (Wildman–Crippen LogP) is 2.92. The lowest BCUT2D eigenvalue weighted by molar-refractivity contribution is 0.197. The minimum absolute atomic E-state index is 0.547. The van der Waals surface area contributed by atoms with Gasteiger partial charge in [-0.25, -0.2) is 0 Å². The molecule has 1 unspecified atom stereocenters. The lowest BCUT2D eigenvalue weighted by atomic mass is 9.99. The molecule has 0 aromatic heterocycles. The smallest absolute Gasteiger partial charge is 0.323 e. The van der Waals surface area contributed by atoms with Gasteiger partial charge in [-0.05, 0) is 23.1 Å². The Morgan fingerprint density at radius 1 is 1.05 bits per heavy atom. The SMILES string of the molecule is O=P(O)(O)C1c2ccccc2CCN1Cc1ccccc1. The fourth-order valence-corrected chi connectivity index (χ4v) is 4.21. The summed E-state index contributed by atoms with van der Waals surface area (Å²) in [6.45, 7) is 1.20. The van der Waals surface area contributed by atoms with E-state index < -0.39 is 13.4 Å². The second-order valence-electron chi connectivity index (χ2n) is 5.37. The van der Waals surface area contributed by atoms with Crippen LogP contribution in [0.4, 0.5) is 0 Å². The van der Waals surface area contributed by atoms with E-state index >= 15 is 0 Å². The van der Waals surface area contributed by atoms with Crippen LogP contribution < -0.4 is 0 Å². The molecule has 0 radical (unpaired) electrons. The van der Waals surface area contributed by atoms with Gasteiger partial charge in [0.1, 0.15) is 5.78 Å². The fraction of sp³-hybridized carbons (Fsp3) is 0.250. The molecule has 0 bridgehead atoms. The third-order valence-corrected chi connectivity index (χ3v) is 5.14. The summed E-state index contributed by atoms with van der Waals surface area (Å²) in [4.78, 5) is 21.5. The molecule has 2 N–H and O–H groups in total. The van der Waals surface area contributed by atoms with Crippen molar-refractivity contribution in [3.63, 3.8) is 0 Å². The Hall–Kier alpha value is -1.45. The Balaban J connectivity index is 1.96. The van der Waals surface area contributed by atoms with Crippen molar-refractivity contribution >= 4 is 7.60 Å². The first-order valence-electron chi connectivity index (χ1n) is 6.97. The standard InChI is InChI=1S/C16H18NO3P/c18-21(19,20)16-15-9-5-4-8-14(15)10-11-17(16)12-13-6-2-1-3-7-13/h1-9,16H,10-12H2,(H2,18,19,20). The van der Waals surface area contributed by atoms with E-state index in [1.165, 1.54) is 0 Å². The monoisotopic (exact) mass is 303 g/mol. The maximum Gasteiger partial charge on any atom is 0.347 e. The van der Waals surface area contributed by atoms with Crippen LogP contribution in [0.3, 0.4) is 0 Å². The second kappa shape index (κ2) is 5.74. The molecule has 2 aromatic carbocycles. The maximum atomic E-state index is 12.0. The second-order valence-corrected chi connectivity index (χ2v) is 7.03. The zero-order valence-corrected chi connectivity index (χ0v) is 12.5. The van der Waals surface area contributed by atoms with Gasteiger partial charge in [-0.15, -0.1) is 0 Å². The molecule has 1 heterocycles. The number of benzene rings is 2. The van der Waals surface area contributed by atoms with E-state index in [1.54, 1.807) is 0 Å². The summed E-state index contributed by atoms with van der Waals surface area (Å²) in [5, 5.41) is 0. The van der Waals surface area contributed by atoms with Gasteiger partial charge in [0.2, 0.25) is 0 Å². The van der Waals surface area contributed by atoms with Gasteiger partial charge in [0.25, 0.3) is 0 Å². The Bertz CT molecular complexity index is 668. The van der Waals surface area contributed by atoms with E-state index in [2.05, 4.69) is 0 Å². The molecule has 4 nitrogen and oxygen atoms in total. The molecule has 0 saturated carbocycles. The molecule has 2 aromatic rings. The molecule has 0 fully saturated rings. The van der Waals surface area contributed by atoms with Crippen LogP contribution in [-0.2, 0) is 17.5 Å². The highest BCUT2D eigenvalue weighted by Crippen LogP contribution is 2.56. The first-order valence-corrected chi connectivity index (χ1v) is 8.65. The quantitative estimate of drug-likeness (QED) is 0.856. The van der Waals surface area contributed by atoms with Crippen molar-refractivity contribution in [2.75, 3.05) is 6.54 Å². The van der Waals surface area contributed by atoms with Crippen molar-refractivity contribution in [3.05, 3.63) is 71.3 Å². The Labute approximate surface area is 124 Å². The number of hydrogen-bond acceptors (Lipinski definition) is 2. The summed E-state index contributed by atoms with van der Waals surface area (Å²) in [7, 11) is -4.24. The summed E-state index contributed by atoms with van der Waals surface area (Å²) < 4.78 is 12.0. The zero-order chi connectivity index (χ0) is 14.9. The van der Waals surface area contributed by atoms with E-state index in [0.717, 1.165) is 23.1 Å². The molecule has 1 atom stereocenters. The molecule has 0 aliphatic carbocycles. The van der Waals surface area contributed by atoms with Crippen molar-refractivity contribution in [3.8, 4) is 0 Å². The fourth-order valence-electron chi connectivity index (χ4n) is 2.97. The molecule has 1 aliphatic rings. The van der Waals surface area contributed by atoms with E-state index in [-0.39, 0.29) is 0 Å². The molecular weight excluding hydrogens is 285 g/mol. The van der Waals surface area contributed by atoms with E-state index in [1.807, 2.05) is 59.5 Å². The minimum Gasteiger partial charge on any atom is -0.323 e. The van der Waals surface area contributed by atoms with Gasteiger partial charge in [0, 0.05) is 13.1 Å². The van der Waals surface area contributed by atoms with Crippen LogP contribution in [0.25, 0.3) is 0 Å². The number of hydrogen-bond donors (Lipinski definition) is 2. The summed E-state index contributed by atoms with van der Waals surface area (Å²) in [5.74, 6) is -0.845. The average molecular weight is 303 g/mol. The summed E-state index contributed by atoms with van der Waals surface area (Å²) in [6.07, 6.45) is 0.819. The summed E-state index contributed by atoms with van der Waals surface area (Å²) in [6, 6.07) is 17.3. The highest BCUT2D eigenvalue weighted by molar-refractivity contribution is 7.52. The molecule has 21 heavy (non-hydrogen) atoms. The van der Waals surface area contributed by atoms with Gasteiger partial charge in [-0.3, -0.25) is 9.46 Å². The molecule has 0 saturated heterocycles. The first kappa shape index (κ1) is 14.5. The van der Waals surface area contributed by atoms with Gasteiger partial charge in [-0.2, -0.15) is 0 Å². The third kappa shape index (κ3) is 3.09. The van der Waals surface area contributed by atoms with Gasteiger partial charge < -0.3 is 9.79 Å². The largest absolute Gasteiger partial charge is 0.347 e. The van der Waals surface area contributed by atoms with Gasteiger partial charge in [0.05, 0.1) is 0 Å². The van der Waals surface area contributed by atoms with Crippen LogP contribution in [-0.4, -0.2) is 21.2 Å². The van der Waals surface area contributed by atoms with Crippen molar-refractivity contribution in [2.24, 2.45) is 0 Å². The van der Waals surface area contributed by atoms with Crippen LogP contribution >= 0.6 is 7.60 Å². The van der Waals surface area contributed by atoms with Crippen LogP contribution in [0.5, 0.6) is 0 Å². The third-order valence-electron chi connectivity index (χ3n) is 3.89. The number of rotatable bonds is 3. The van der Waals surface area contributed by atoms with Crippen LogP contribution in [0.15, 0.2) is 54.6 Å². The van der Waals surface area contributed by atoms with Crippen molar-refractivity contribution in [2.45, 2.75) is 18.7 Å². The lowest BCUT2D eigenvalue weighted by Gasteiger charge is -2.37. The lowest BCUT2D eigenvalue weighted by Crippen LogP contribution is -2.34. The van der Waals surface area contributed by atoms with E-state index in [4.69, 9.17) is 0 Å². The molecule has 1 aliphatic heterocycles. The highest BCUT2D eigenvalue weighted by atomic mass is 31.2. The first-order chi connectivity index (χ1) is 10.1. The number of fused-ring (bicyclic) bond motifs is 1. The van der Waals surface area contributed by atoms with Crippen LogP contribution in [0, 0.1) is 0 Å². The molecule has 0 amide bonds. The molecule has 3 rings (SSSR count). The normalized spacial score (nSPS) is 19.2. The zero-order valence-electron chi connectivity index (χ0n) is 11.6. The Morgan fingerprint density at radius 3 is 2.43 bits per heavy atom. The summed E-state index contributed by atoms with van der Waals surface area (Å²) >= 11 is 0. The average Bonchev–Trinajstić information content (AvgIpc) is 2.47. The van der Waals surface area contributed by atoms with Crippen molar-refractivity contribution in [1.82, 2.24) is 4.90 Å². The molecule has 110 valence electrons. The highest BCUT2D eigenvalue weighted by Gasteiger charge is 2.39. The van der Waals surface area contributed by atoms with Crippen molar-refractivity contribution < 1.29 is 14.4 Å². The van der Waals surface area contributed by atoms with E-state index in [9.17, 15) is 14.4 Å². The topological polar surface area (TPSA) is 60.8 Å². The Morgan fingerprint density at radius 2 is 1.71 bits per heavy atom. The summed E-state index contributed by atoms with van der Waals surface area (Å²) in [5.41, 5.74) is 2.86. The van der Waals surface area contributed by atoms with Gasteiger partial charge in [-0.1, -0.05) is 54.6 Å². The van der Waals surface area contributed by atoms with Crippen molar-refractivity contribution in [1.29, 1.82) is 0 Å².